The number of amides is 1. The lowest BCUT2D eigenvalue weighted by Gasteiger charge is -2.09. The molecule has 0 saturated carbocycles. The van der Waals surface area contributed by atoms with Crippen LogP contribution in [-0.4, -0.2) is 28.4 Å². The number of hydrazone groups is 1. The maximum atomic E-state index is 13.0. The smallest absolute Gasteiger partial charge is 0.376 e. The molecule has 0 saturated heterocycles. The van der Waals surface area contributed by atoms with Crippen molar-refractivity contribution in [2.24, 2.45) is 5.10 Å². The SMILES string of the molecule is Cc1nn(-c2cccc(C(F)(F)F)c2)c(Cl)c1/C=N\NC(=O)CNc1ccccc1. The van der Waals surface area contributed by atoms with E-state index in [0.717, 1.165) is 17.8 Å². The number of carbonyl (C=O) groups is 1. The molecule has 0 unspecified atom stereocenters. The molecule has 0 radical (unpaired) electrons. The van der Waals surface area contributed by atoms with Crippen molar-refractivity contribution in [2.75, 3.05) is 11.9 Å². The van der Waals surface area contributed by atoms with Gasteiger partial charge in [-0.2, -0.15) is 23.4 Å². The zero-order chi connectivity index (χ0) is 21.7. The monoisotopic (exact) mass is 435 g/mol. The Morgan fingerprint density at radius 2 is 1.93 bits per heavy atom. The number of para-hydroxylation sites is 1. The van der Waals surface area contributed by atoms with Crippen molar-refractivity contribution in [1.82, 2.24) is 15.2 Å². The van der Waals surface area contributed by atoms with Crippen molar-refractivity contribution in [1.29, 1.82) is 0 Å². The number of carbonyl (C=O) groups excluding carboxylic acids is 1. The number of hydrogen-bond acceptors (Lipinski definition) is 4. The molecule has 2 N–H and O–H groups in total. The van der Waals surface area contributed by atoms with Crippen molar-refractivity contribution in [3.05, 3.63) is 76.6 Å². The Kier molecular flexibility index (Phi) is 6.41. The Hall–Kier alpha value is -3.33. The maximum Gasteiger partial charge on any atom is 0.416 e. The number of hydrogen-bond donors (Lipinski definition) is 2. The number of nitrogens with zero attached hydrogens (tertiary/aromatic N) is 3. The van der Waals surface area contributed by atoms with Gasteiger partial charge in [-0.05, 0) is 37.3 Å². The fourth-order valence-corrected chi connectivity index (χ4v) is 2.91. The van der Waals surface area contributed by atoms with Crippen LogP contribution in [0.4, 0.5) is 18.9 Å². The van der Waals surface area contributed by atoms with Crippen molar-refractivity contribution in [2.45, 2.75) is 13.1 Å². The van der Waals surface area contributed by atoms with Gasteiger partial charge in [0.1, 0.15) is 5.15 Å². The number of anilines is 1. The first-order valence-electron chi connectivity index (χ1n) is 8.79. The lowest BCUT2D eigenvalue weighted by molar-refractivity contribution is -0.137. The molecule has 1 aromatic heterocycles. The molecule has 0 spiro atoms. The standard InChI is InChI=1S/C20H17ClF3N5O/c1-13-17(11-26-27-18(30)12-25-15-7-3-2-4-8-15)19(21)29(28-13)16-9-5-6-14(10-16)20(22,23)24/h2-11,25H,12H2,1H3,(H,27,30)/b26-11-. The van der Waals surface area contributed by atoms with Crippen LogP contribution >= 0.6 is 11.6 Å². The number of halogens is 4. The van der Waals surface area contributed by atoms with Crippen LogP contribution in [0.1, 0.15) is 16.8 Å². The minimum atomic E-state index is -4.48. The molecule has 0 atom stereocenters. The average Bonchev–Trinajstić information content (AvgIpc) is 3.01. The van der Waals surface area contributed by atoms with E-state index in [2.05, 4.69) is 20.9 Å². The predicted molar refractivity (Wildman–Crippen MR) is 109 cm³/mol. The molecule has 2 aromatic carbocycles. The van der Waals surface area contributed by atoms with Gasteiger partial charge in [-0.3, -0.25) is 4.79 Å². The predicted octanol–water partition coefficient (Wildman–Crippen LogP) is 4.42. The molecule has 1 amide bonds. The second kappa shape index (κ2) is 9.00. The summed E-state index contributed by atoms with van der Waals surface area (Å²) in [7, 11) is 0. The molecule has 0 aliphatic heterocycles. The van der Waals surface area contributed by atoms with Crippen LogP contribution in [0.15, 0.2) is 59.7 Å². The Morgan fingerprint density at radius 1 is 1.20 bits per heavy atom. The summed E-state index contributed by atoms with van der Waals surface area (Å²) in [5.41, 5.74) is 3.32. The van der Waals surface area contributed by atoms with Crippen LogP contribution in [0.25, 0.3) is 5.69 Å². The summed E-state index contributed by atoms with van der Waals surface area (Å²) < 4.78 is 40.0. The zero-order valence-electron chi connectivity index (χ0n) is 15.7. The third kappa shape index (κ3) is 5.18. The fourth-order valence-electron chi connectivity index (χ4n) is 2.59. The van der Waals surface area contributed by atoms with Gasteiger partial charge >= 0.3 is 6.18 Å². The largest absolute Gasteiger partial charge is 0.416 e. The highest BCUT2D eigenvalue weighted by molar-refractivity contribution is 6.32. The van der Waals surface area contributed by atoms with Crippen LogP contribution in [0.2, 0.25) is 5.15 Å². The van der Waals surface area contributed by atoms with Gasteiger partial charge in [0.15, 0.2) is 0 Å². The molecule has 0 fully saturated rings. The number of rotatable bonds is 6. The van der Waals surface area contributed by atoms with E-state index in [-0.39, 0.29) is 23.3 Å². The average molecular weight is 436 g/mol. The van der Waals surface area contributed by atoms with Crippen LogP contribution in [-0.2, 0) is 11.0 Å². The second-order valence-electron chi connectivity index (χ2n) is 6.26. The topological polar surface area (TPSA) is 71.3 Å². The molecule has 3 aromatic rings. The maximum absolute atomic E-state index is 13.0. The van der Waals surface area contributed by atoms with Crippen LogP contribution in [0.3, 0.4) is 0 Å². The van der Waals surface area contributed by atoms with E-state index in [9.17, 15) is 18.0 Å². The lowest BCUT2D eigenvalue weighted by atomic mass is 10.2. The van der Waals surface area contributed by atoms with Crippen LogP contribution < -0.4 is 10.7 Å². The minimum Gasteiger partial charge on any atom is -0.376 e. The molecular weight excluding hydrogens is 419 g/mol. The molecule has 10 heteroatoms. The molecule has 30 heavy (non-hydrogen) atoms. The molecule has 3 rings (SSSR count). The van der Waals surface area contributed by atoms with Gasteiger partial charge in [0.2, 0.25) is 0 Å². The van der Waals surface area contributed by atoms with Crippen molar-refractivity contribution in [3.63, 3.8) is 0 Å². The summed E-state index contributed by atoms with van der Waals surface area (Å²) in [6.45, 7) is 1.65. The van der Waals surface area contributed by atoms with E-state index < -0.39 is 11.7 Å². The molecule has 6 nitrogen and oxygen atoms in total. The van der Waals surface area contributed by atoms with Crippen molar-refractivity contribution < 1.29 is 18.0 Å². The Balaban J connectivity index is 1.69. The Bertz CT molecular complexity index is 1060. The van der Waals surface area contributed by atoms with E-state index in [0.29, 0.717) is 11.3 Å². The molecule has 1 heterocycles. The fraction of sp³-hybridized carbons (Fsp3) is 0.150. The van der Waals surface area contributed by atoms with Gasteiger partial charge in [-0.25, -0.2) is 10.1 Å². The molecule has 0 aliphatic rings. The first-order valence-corrected chi connectivity index (χ1v) is 9.17. The summed E-state index contributed by atoms with van der Waals surface area (Å²) in [6.07, 6.45) is -3.18. The number of aryl methyl sites for hydroxylation is 1. The first kappa shape index (κ1) is 21.4. The van der Waals surface area contributed by atoms with E-state index in [4.69, 9.17) is 11.6 Å². The van der Waals surface area contributed by atoms with Crippen LogP contribution in [0.5, 0.6) is 0 Å². The summed E-state index contributed by atoms with van der Waals surface area (Å²) in [5, 5.41) is 11.1. The lowest BCUT2D eigenvalue weighted by Crippen LogP contribution is -2.25. The summed E-state index contributed by atoms with van der Waals surface area (Å²) in [6, 6.07) is 13.8. The van der Waals surface area contributed by atoms with Crippen molar-refractivity contribution >= 4 is 29.4 Å². The number of alkyl halides is 3. The van der Waals surface area contributed by atoms with Gasteiger partial charge < -0.3 is 5.32 Å². The van der Waals surface area contributed by atoms with E-state index in [1.165, 1.54) is 23.0 Å². The van der Waals surface area contributed by atoms with Crippen LogP contribution in [0, 0.1) is 6.92 Å². The van der Waals surface area contributed by atoms with Gasteiger partial charge in [0, 0.05) is 5.69 Å². The summed E-state index contributed by atoms with van der Waals surface area (Å²) in [4.78, 5) is 11.9. The second-order valence-corrected chi connectivity index (χ2v) is 6.62. The van der Waals surface area contributed by atoms with Gasteiger partial charge in [0.05, 0.1) is 35.3 Å². The van der Waals surface area contributed by atoms with E-state index >= 15 is 0 Å². The highest BCUT2D eigenvalue weighted by Crippen LogP contribution is 2.31. The Morgan fingerprint density at radius 3 is 2.63 bits per heavy atom. The number of benzene rings is 2. The minimum absolute atomic E-state index is 0.0115. The number of aromatic nitrogens is 2. The van der Waals surface area contributed by atoms with E-state index in [1.54, 1.807) is 6.92 Å². The molecule has 156 valence electrons. The van der Waals surface area contributed by atoms with Gasteiger partial charge in [0.25, 0.3) is 5.91 Å². The molecule has 0 aliphatic carbocycles. The summed E-state index contributed by atoms with van der Waals surface area (Å²) in [5.74, 6) is -0.380. The number of nitrogens with one attached hydrogen (secondary N) is 2. The molecular formula is C20H17ClF3N5O. The summed E-state index contributed by atoms with van der Waals surface area (Å²) >= 11 is 6.29. The highest BCUT2D eigenvalue weighted by Gasteiger charge is 2.30. The zero-order valence-corrected chi connectivity index (χ0v) is 16.5. The molecule has 0 bridgehead atoms. The van der Waals surface area contributed by atoms with Gasteiger partial charge in [-0.15, -0.1) is 0 Å². The highest BCUT2D eigenvalue weighted by atomic mass is 35.5. The normalized spacial score (nSPS) is 11.6. The first-order chi connectivity index (χ1) is 14.3. The van der Waals surface area contributed by atoms with Crippen molar-refractivity contribution in [3.8, 4) is 5.69 Å². The van der Waals surface area contributed by atoms with E-state index in [1.807, 2.05) is 30.3 Å². The third-order valence-corrected chi connectivity index (χ3v) is 4.44. The third-order valence-electron chi connectivity index (χ3n) is 4.08. The van der Waals surface area contributed by atoms with Gasteiger partial charge in [-0.1, -0.05) is 35.9 Å². The Labute approximate surface area is 175 Å². The quantitative estimate of drug-likeness (QED) is 0.445.